The second-order valence-corrected chi connectivity index (χ2v) is 6.80. The number of carbonyl (C=O) groups excluding carboxylic acids is 1. The van der Waals surface area contributed by atoms with Gasteiger partial charge in [0.25, 0.3) is 0 Å². The fourth-order valence-electron chi connectivity index (χ4n) is 3.63. The standard InChI is InChI=1S/C21H28N2O3/c1-25-19-14-16-9-10-18(17(16)15-20(19)26-2)22-21(24)8-4-3-5-11-23-12-6-7-13-23/h6-7,12-15,18H,3-5,8-11H2,1-2H3,(H,22,24)/t18-/m1/s1. The van der Waals surface area contributed by atoms with E-state index in [0.29, 0.717) is 6.42 Å². The Bertz CT molecular complexity index is 725. The first-order valence-electron chi connectivity index (χ1n) is 9.36. The Morgan fingerprint density at radius 3 is 2.58 bits per heavy atom. The van der Waals surface area contributed by atoms with Crippen LogP contribution in [0, 0.1) is 0 Å². The zero-order valence-corrected chi connectivity index (χ0v) is 15.7. The lowest BCUT2D eigenvalue weighted by Gasteiger charge is -2.16. The van der Waals surface area contributed by atoms with Gasteiger partial charge in [-0.2, -0.15) is 0 Å². The van der Waals surface area contributed by atoms with Gasteiger partial charge in [0.2, 0.25) is 5.91 Å². The molecule has 0 saturated carbocycles. The maximum atomic E-state index is 12.3. The average Bonchev–Trinajstić information content (AvgIpc) is 3.30. The molecule has 3 rings (SSSR count). The molecule has 0 aliphatic heterocycles. The van der Waals surface area contributed by atoms with Gasteiger partial charge in [-0.1, -0.05) is 6.42 Å². The summed E-state index contributed by atoms with van der Waals surface area (Å²) in [5, 5.41) is 3.19. The van der Waals surface area contributed by atoms with Gasteiger partial charge < -0.3 is 19.4 Å². The van der Waals surface area contributed by atoms with Crippen molar-refractivity contribution in [2.45, 2.75) is 51.1 Å². The molecule has 0 saturated heterocycles. The van der Waals surface area contributed by atoms with Crippen LogP contribution < -0.4 is 14.8 Å². The molecule has 2 aromatic rings. The number of aromatic nitrogens is 1. The summed E-state index contributed by atoms with van der Waals surface area (Å²) in [6.07, 6.45) is 9.73. The topological polar surface area (TPSA) is 52.5 Å². The Kier molecular flexibility index (Phi) is 6.21. The van der Waals surface area contributed by atoms with Gasteiger partial charge in [0.1, 0.15) is 0 Å². The van der Waals surface area contributed by atoms with Gasteiger partial charge in [0.15, 0.2) is 11.5 Å². The number of benzene rings is 1. The van der Waals surface area contributed by atoms with Crippen LogP contribution in [0.25, 0.3) is 0 Å². The number of ether oxygens (including phenoxy) is 2. The first-order chi connectivity index (χ1) is 12.7. The molecule has 0 radical (unpaired) electrons. The summed E-state index contributed by atoms with van der Waals surface area (Å²) in [6.45, 7) is 1.02. The number of hydrogen-bond acceptors (Lipinski definition) is 3. The van der Waals surface area contributed by atoms with Gasteiger partial charge in [0, 0.05) is 25.4 Å². The summed E-state index contributed by atoms with van der Waals surface area (Å²) in [5.41, 5.74) is 2.39. The van der Waals surface area contributed by atoms with Crippen molar-refractivity contribution in [3.63, 3.8) is 0 Å². The van der Waals surface area contributed by atoms with Crippen LogP contribution in [0.2, 0.25) is 0 Å². The van der Waals surface area contributed by atoms with Gasteiger partial charge in [-0.25, -0.2) is 0 Å². The number of carbonyl (C=O) groups is 1. The second-order valence-electron chi connectivity index (χ2n) is 6.80. The number of methoxy groups -OCH3 is 2. The quantitative estimate of drug-likeness (QED) is 0.694. The Balaban J connectivity index is 1.45. The number of rotatable bonds is 9. The highest BCUT2D eigenvalue weighted by Crippen LogP contribution is 2.39. The lowest BCUT2D eigenvalue weighted by Crippen LogP contribution is -2.26. The SMILES string of the molecule is COc1cc2c(cc1OC)[C@H](NC(=O)CCCCCn1cccc1)CC2. The number of aryl methyl sites for hydroxylation is 2. The van der Waals surface area contributed by atoms with E-state index in [0.717, 1.165) is 55.7 Å². The van der Waals surface area contributed by atoms with E-state index < -0.39 is 0 Å². The summed E-state index contributed by atoms with van der Waals surface area (Å²) in [5.74, 6) is 1.61. The van der Waals surface area contributed by atoms with Crippen LogP contribution in [0.4, 0.5) is 0 Å². The summed E-state index contributed by atoms with van der Waals surface area (Å²) in [4.78, 5) is 12.3. The molecule has 1 heterocycles. The third kappa shape index (κ3) is 4.40. The molecule has 1 aliphatic carbocycles. The van der Waals surface area contributed by atoms with Gasteiger partial charge in [-0.3, -0.25) is 4.79 Å². The highest BCUT2D eigenvalue weighted by molar-refractivity contribution is 5.76. The van der Waals surface area contributed by atoms with E-state index in [2.05, 4.69) is 22.3 Å². The van der Waals surface area contributed by atoms with Crippen molar-refractivity contribution in [1.29, 1.82) is 0 Å². The van der Waals surface area contributed by atoms with E-state index >= 15 is 0 Å². The van der Waals surface area contributed by atoms with Crippen LogP contribution in [0.1, 0.15) is 49.3 Å². The second kappa shape index (κ2) is 8.79. The van der Waals surface area contributed by atoms with Crippen molar-refractivity contribution in [3.8, 4) is 11.5 Å². The third-order valence-electron chi connectivity index (χ3n) is 5.04. The molecule has 26 heavy (non-hydrogen) atoms. The highest BCUT2D eigenvalue weighted by atomic mass is 16.5. The van der Waals surface area contributed by atoms with Crippen LogP contribution in [0.3, 0.4) is 0 Å². The minimum Gasteiger partial charge on any atom is -0.493 e. The number of nitrogens with zero attached hydrogens (tertiary/aromatic N) is 1. The van der Waals surface area contributed by atoms with Crippen LogP contribution in [-0.2, 0) is 17.8 Å². The number of hydrogen-bond donors (Lipinski definition) is 1. The van der Waals surface area contributed by atoms with Gasteiger partial charge >= 0.3 is 0 Å². The molecular weight excluding hydrogens is 328 g/mol. The molecule has 0 unspecified atom stereocenters. The van der Waals surface area contributed by atoms with Gasteiger partial charge in [-0.05, 0) is 61.1 Å². The summed E-state index contributed by atoms with van der Waals surface area (Å²) in [7, 11) is 3.29. The molecule has 5 nitrogen and oxygen atoms in total. The van der Waals surface area contributed by atoms with Crippen molar-refractivity contribution in [1.82, 2.24) is 9.88 Å². The third-order valence-corrected chi connectivity index (χ3v) is 5.04. The van der Waals surface area contributed by atoms with Crippen LogP contribution >= 0.6 is 0 Å². The Hall–Kier alpha value is -2.43. The molecule has 140 valence electrons. The Labute approximate surface area is 155 Å². The van der Waals surface area contributed by atoms with Crippen molar-refractivity contribution >= 4 is 5.91 Å². The molecule has 0 spiro atoms. The molecular formula is C21H28N2O3. The normalized spacial score (nSPS) is 15.5. The van der Waals surface area contributed by atoms with Crippen molar-refractivity contribution in [2.75, 3.05) is 14.2 Å². The number of fused-ring (bicyclic) bond motifs is 1. The zero-order valence-electron chi connectivity index (χ0n) is 15.7. The van der Waals surface area contributed by atoms with Crippen LogP contribution in [0.15, 0.2) is 36.7 Å². The smallest absolute Gasteiger partial charge is 0.220 e. The zero-order chi connectivity index (χ0) is 18.4. The predicted octanol–water partition coefficient (Wildman–Crippen LogP) is 3.87. The van der Waals surface area contributed by atoms with Gasteiger partial charge in [0.05, 0.1) is 20.3 Å². The fourth-order valence-corrected chi connectivity index (χ4v) is 3.63. The number of nitrogens with one attached hydrogen (secondary N) is 1. The first kappa shape index (κ1) is 18.4. The van der Waals surface area contributed by atoms with E-state index in [9.17, 15) is 4.79 Å². The number of unbranched alkanes of at least 4 members (excludes halogenated alkanes) is 2. The summed E-state index contributed by atoms with van der Waals surface area (Å²) >= 11 is 0. The van der Waals surface area contributed by atoms with E-state index in [-0.39, 0.29) is 11.9 Å². The molecule has 1 aromatic carbocycles. The van der Waals surface area contributed by atoms with Crippen molar-refractivity contribution < 1.29 is 14.3 Å². The van der Waals surface area contributed by atoms with Crippen LogP contribution in [-0.4, -0.2) is 24.7 Å². The van der Waals surface area contributed by atoms with Crippen LogP contribution in [0.5, 0.6) is 11.5 Å². The Morgan fingerprint density at radius 1 is 1.12 bits per heavy atom. The maximum absolute atomic E-state index is 12.3. The largest absolute Gasteiger partial charge is 0.493 e. The highest BCUT2D eigenvalue weighted by Gasteiger charge is 2.26. The molecule has 1 aromatic heterocycles. The van der Waals surface area contributed by atoms with Crippen molar-refractivity contribution in [3.05, 3.63) is 47.8 Å². The monoisotopic (exact) mass is 356 g/mol. The maximum Gasteiger partial charge on any atom is 0.220 e. The summed E-state index contributed by atoms with van der Waals surface area (Å²) in [6, 6.07) is 8.19. The molecule has 1 amide bonds. The van der Waals surface area contributed by atoms with E-state index in [1.807, 2.05) is 24.3 Å². The molecule has 1 atom stereocenters. The molecule has 0 bridgehead atoms. The van der Waals surface area contributed by atoms with Crippen molar-refractivity contribution in [2.24, 2.45) is 0 Å². The molecule has 1 aliphatic rings. The summed E-state index contributed by atoms with van der Waals surface area (Å²) < 4.78 is 12.9. The van der Waals surface area contributed by atoms with E-state index in [4.69, 9.17) is 9.47 Å². The molecule has 1 N–H and O–H groups in total. The predicted molar refractivity (Wildman–Crippen MR) is 102 cm³/mol. The molecule has 0 fully saturated rings. The van der Waals surface area contributed by atoms with E-state index in [1.165, 1.54) is 5.56 Å². The first-order valence-corrected chi connectivity index (χ1v) is 9.36. The minimum atomic E-state index is 0.0807. The minimum absolute atomic E-state index is 0.0807. The van der Waals surface area contributed by atoms with E-state index in [1.54, 1.807) is 14.2 Å². The molecule has 5 heteroatoms. The lowest BCUT2D eigenvalue weighted by molar-refractivity contribution is -0.121. The fraction of sp³-hybridized carbons (Fsp3) is 0.476. The lowest BCUT2D eigenvalue weighted by atomic mass is 10.1. The number of amides is 1. The van der Waals surface area contributed by atoms with Gasteiger partial charge in [-0.15, -0.1) is 0 Å². The average molecular weight is 356 g/mol. The Morgan fingerprint density at radius 2 is 1.85 bits per heavy atom.